The minimum Gasteiger partial charge on any atom is -0.494 e. The molecule has 2 aromatic rings. The van der Waals surface area contributed by atoms with Crippen LogP contribution in [0.5, 0.6) is 5.75 Å². The Bertz CT molecular complexity index is 773. The van der Waals surface area contributed by atoms with Gasteiger partial charge in [0, 0.05) is 24.6 Å². The normalized spacial score (nSPS) is 16.9. The SMILES string of the molecule is CCCCCCCCCCOc1ccc(-c2ncc(CCC(C)OC3CCCCO3)cn2)cc1. The molecule has 1 aliphatic rings. The topological polar surface area (TPSA) is 53.5 Å². The van der Waals surface area contributed by atoms with Gasteiger partial charge in [-0.2, -0.15) is 0 Å². The van der Waals surface area contributed by atoms with Crippen molar-refractivity contribution >= 4 is 0 Å². The van der Waals surface area contributed by atoms with Crippen LogP contribution in [0.1, 0.15) is 96.5 Å². The molecule has 1 saturated heterocycles. The van der Waals surface area contributed by atoms with Crippen molar-refractivity contribution in [3.63, 3.8) is 0 Å². The van der Waals surface area contributed by atoms with Crippen LogP contribution >= 0.6 is 0 Å². The number of aromatic nitrogens is 2. The van der Waals surface area contributed by atoms with Crippen LogP contribution in [0.2, 0.25) is 0 Å². The summed E-state index contributed by atoms with van der Waals surface area (Å²) < 4.78 is 17.6. The van der Waals surface area contributed by atoms with Gasteiger partial charge in [-0.05, 0) is 75.3 Å². The van der Waals surface area contributed by atoms with Crippen LogP contribution in [0.3, 0.4) is 0 Å². The highest BCUT2D eigenvalue weighted by molar-refractivity contribution is 5.55. The lowest BCUT2D eigenvalue weighted by Gasteiger charge is -2.26. The van der Waals surface area contributed by atoms with Crippen LogP contribution in [-0.4, -0.2) is 35.6 Å². The number of ether oxygens (including phenoxy) is 3. The smallest absolute Gasteiger partial charge is 0.159 e. The van der Waals surface area contributed by atoms with Gasteiger partial charge in [0.2, 0.25) is 0 Å². The van der Waals surface area contributed by atoms with E-state index < -0.39 is 0 Å². The molecule has 2 atom stereocenters. The molecule has 1 aromatic heterocycles. The first-order valence-corrected chi connectivity index (χ1v) is 13.6. The summed E-state index contributed by atoms with van der Waals surface area (Å²) in [5.74, 6) is 1.66. The Labute approximate surface area is 206 Å². The lowest BCUT2D eigenvalue weighted by atomic mass is 10.1. The molecule has 0 spiro atoms. The molecule has 0 radical (unpaired) electrons. The maximum Gasteiger partial charge on any atom is 0.159 e. The van der Waals surface area contributed by atoms with Crippen LogP contribution < -0.4 is 4.74 Å². The van der Waals surface area contributed by atoms with Crippen molar-refractivity contribution in [3.05, 3.63) is 42.2 Å². The standard InChI is InChI=1S/C29H44N2O3/c1-3-4-5-6-7-8-9-11-20-32-27-18-16-26(17-19-27)29-30-22-25(23-31-29)15-14-24(2)34-28-13-10-12-21-33-28/h16-19,22-24,28H,3-15,20-21H2,1-2H3. The molecule has 0 N–H and O–H groups in total. The van der Waals surface area contributed by atoms with Gasteiger partial charge < -0.3 is 14.2 Å². The van der Waals surface area contributed by atoms with Crippen LogP contribution in [0, 0.1) is 0 Å². The molecule has 0 saturated carbocycles. The molecule has 0 amide bonds. The van der Waals surface area contributed by atoms with Crippen LogP contribution in [-0.2, 0) is 15.9 Å². The number of unbranched alkanes of at least 4 members (excludes halogenated alkanes) is 7. The van der Waals surface area contributed by atoms with Crippen LogP contribution in [0.4, 0.5) is 0 Å². The maximum absolute atomic E-state index is 6.01. The first-order valence-electron chi connectivity index (χ1n) is 13.6. The second kappa shape index (κ2) is 15.8. The molecule has 3 rings (SSSR count). The molecule has 34 heavy (non-hydrogen) atoms. The largest absolute Gasteiger partial charge is 0.494 e. The fraction of sp³-hybridized carbons (Fsp3) is 0.655. The van der Waals surface area contributed by atoms with Crippen LogP contribution in [0.15, 0.2) is 36.7 Å². The molecule has 1 aliphatic heterocycles. The first-order chi connectivity index (χ1) is 16.7. The van der Waals surface area contributed by atoms with Crippen molar-refractivity contribution < 1.29 is 14.2 Å². The van der Waals surface area contributed by atoms with Gasteiger partial charge in [-0.25, -0.2) is 9.97 Å². The number of rotatable bonds is 16. The van der Waals surface area contributed by atoms with E-state index in [-0.39, 0.29) is 12.4 Å². The number of benzene rings is 1. The van der Waals surface area contributed by atoms with E-state index in [1.807, 2.05) is 36.7 Å². The summed E-state index contributed by atoms with van der Waals surface area (Å²) in [6.07, 6.45) is 19.7. The highest BCUT2D eigenvalue weighted by Crippen LogP contribution is 2.21. The highest BCUT2D eigenvalue weighted by atomic mass is 16.7. The molecule has 188 valence electrons. The fourth-order valence-electron chi connectivity index (χ4n) is 4.27. The van der Waals surface area contributed by atoms with E-state index in [1.54, 1.807) is 0 Å². The molecule has 1 aromatic carbocycles. The predicted octanol–water partition coefficient (Wildman–Crippen LogP) is 7.53. The Balaban J connectivity index is 1.32. The lowest BCUT2D eigenvalue weighted by Crippen LogP contribution is -2.26. The Morgan fingerprint density at radius 1 is 0.941 bits per heavy atom. The molecule has 5 heteroatoms. The van der Waals surface area contributed by atoms with Crippen molar-refractivity contribution in [3.8, 4) is 17.1 Å². The van der Waals surface area contributed by atoms with Gasteiger partial charge in [0.25, 0.3) is 0 Å². The van der Waals surface area contributed by atoms with Crippen molar-refractivity contribution in [2.24, 2.45) is 0 Å². The summed E-state index contributed by atoms with van der Waals surface area (Å²) >= 11 is 0. The monoisotopic (exact) mass is 468 g/mol. The Hall–Kier alpha value is -1.98. The van der Waals surface area contributed by atoms with Gasteiger partial charge >= 0.3 is 0 Å². The summed E-state index contributed by atoms with van der Waals surface area (Å²) in [7, 11) is 0. The zero-order valence-electron chi connectivity index (χ0n) is 21.3. The highest BCUT2D eigenvalue weighted by Gasteiger charge is 2.17. The van der Waals surface area contributed by atoms with Gasteiger partial charge in [0.1, 0.15) is 5.75 Å². The number of nitrogens with zero attached hydrogens (tertiary/aromatic N) is 2. The molecule has 2 unspecified atom stereocenters. The molecular weight excluding hydrogens is 424 g/mol. The maximum atomic E-state index is 6.01. The Morgan fingerprint density at radius 2 is 1.65 bits per heavy atom. The second-order valence-electron chi connectivity index (χ2n) is 9.54. The zero-order valence-corrected chi connectivity index (χ0v) is 21.3. The molecule has 2 heterocycles. The zero-order chi connectivity index (χ0) is 23.8. The third-order valence-corrected chi connectivity index (χ3v) is 6.45. The molecule has 5 nitrogen and oxygen atoms in total. The average Bonchev–Trinajstić information content (AvgIpc) is 2.88. The quantitative estimate of drug-likeness (QED) is 0.238. The first kappa shape index (κ1) is 26.6. The predicted molar refractivity (Wildman–Crippen MR) is 138 cm³/mol. The summed E-state index contributed by atoms with van der Waals surface area (Å²) in [6.45, 7) is 5.99. The Morgan fingerprint density at radius 3 is 2.32 bits per heavy atom. The van der Waals surface area contributed by atoms with Gasteiger partial charge in [0.15, 0.2) is 12.1 Å². The summed E-state index contributed by atoms with van der Waals surface area (Å²) in [6, 6.07) is 8.11. The fourth-order valence-corrected chi connectivity index (χ4v) is 4.27. The second-order valence-corrected chi connectivity index (χ2v) is 9.54. The average molecular weight is 469 g/mol. The minimum atomic E-state index is -0.0327. The lowest BCUT2D eigenvalue weighted by molar-refractivity contribution is -0.185. The van der Waals surface area contributed by atoms with E-state index in [9.17, 15) is 0 Å². The number of hydrogen-bond donors (Lipinski definition) is 0. The van der Waals surface area contributed by atoms with Gasteiger partial charge in [0.05, 0.1) is 12.7 Å². The van der Waals surface area contributed by atoms with Gasteiger partial charge in [-0.1, -0.05) is 51.9 Å². The number of hydrogen-bond acceptors (Lipinski definition) is 5. The van der Waals surface area contributed by atoms with Gasteiger partial charge in [-0.15, -0.1) is 0 Å². The number of aryl methyl sites for hydroxylation is 1. The van der Waals surface area contributed by atoms with Crippen molar-refractivity contribution in [1.29, 1.82) is 0 Å². The van der Waals surface area contributed by atoms with E-state index in [0.717, 1.165) is 68.0 Å². The Kier molecular flexibility index (Phi) is 12.4. The third-order valence-electron chi connectivity index (χ3n) is 6.45. The van der Waals surface area contributed by atoms with E-state index in [2.05, 4.69) is 23.8 Å². The molecule has 0 bridgehead atoms. The molecule has 0 aliphatic carbocycles. The van der Waals surface area contributed by atoms with E-state index in [1.165, 1.54) is 51.4 Å². The summed E-state index contributed by atoms with van der Waals surface area (Å²) in [5.41, 5.74) is 2.14. The molecule has 1 fully saturated rings. The minimum absolute atomic E-state index is 0.0327. The van der Waals surface area contributed by atoms with E-state index in [0.29, 0.717) is 0 Å². The van der Waals surface area contributed by atoms with Crippen molar-refractivity contribution in [2.75, 3.05) is 13.2 Å². The van der Waals surface area contributed by atoms with Gasteiger partial charge in [-0.3, -0.25) is 0 Å². The summed E-state index contributed by atoms with van der Waals surface area (Å²) in [5, 5.41) is 0. The molecular formula is C29H44N2O3. The summed E-state index contributed by atoms with van der Waals surface area (Å²) in [4.78, 5) is 9.15. The van der Waals surface area contributed by atoms with E-state index >= 15 is 0 Å². The van der Waals surface area contributed by atoms with Crippen LogP contribution in [0.25, 0.3) is 11.4 Å². The van der Waals surface area contributed by atoms with E-state index in [4.69, 9.17) is 14.2 Å². The van der Waals surface area contributed by atoms with Crippen molar-refractivity contribution in [1.82, 2.24) is 9.97 Å². The third kappa shape index (κ3) is 10.1. The van der Waals surface area contributed by atoms with Crippen molar-refractivity contribution in [2.45, 2.75) is 110 Å².